The van der Waals surface area contributed by atoms with E-state index in [4.69, 9.17) is 0 Å². The fourth-order valence-electron chi connectivity index (χ4n) is 1.71. The number of amides is 1. The van der Waals surface area contributed by atoms with E-state index in [0.717, 1.165) is 12.0 Å². The van der Waals surface area contributed by atoms with Crippen LogP contribution in [0.15, 0.2) is 30.3 Å². The van der Waals surface area contributed by atoms with Crippen LogP contribution < -0.4 is 5.32 Å². The normalized spacial score (nSPS) is 14.1. The SMILES string of the molecule is CC(C)CCCP(=O)(O)C(=O)NCc1ccccc1. The van der Waals surface area contributed by atoms with E-state index < -0.39 is 13.0 Å². The minimum Gasteiger partial charge on any atom is -0.344 e. The molecule has 0 aliphatic carbocycles. The summed E-state index contributed by atoms with van der Waals surface area (Å²) in [7, 11) is -3.73. The molecule has 1 amide bonds. The van der Waals surface area contributed by atoms with Gasteiger partial charge in [0.2, 0.25) is 0 Å². The maximum Gasteiger partial charge on any atom is 0.305 e. The van der Waals surface area contributed by atoms with E-state index in [2.05, 4.69) is 19.2 Å². The summed E-state index contributed by atoms with van der Waals surface area (Å²) in [5.74, 6) is 0.479. The summed E-state index contributed by atoms with van der Waals surface area (Å²) in [4.78, 5) is 21.4. The van der Waals surface area contributed by atoms with Crippen LogP contribution in [0.2, 0.25) is 0 Å². The molecule has 1 aromatic carbocycles. The van der Waals surface area contributed by atoms with Gasteiger partial charge in [0.25, 0.3) is 7.37 Å². The first-order chi connectivity index (χ1) is 8.92. The maximum absolute atomic E-state index is 11.9. The second-order valence-electron chi connectivity index (χ2n) is 5.11. The van der Waals surface area contributed by atoms with Crippen molar-refractivity contribution in [2.75, 3.05) is 6.16 Å². The zero-order chi connectivity index (χ0) is 14.3. The maximum atomic E-state index is 11.9. The van der Waals surface area contributed by atoms with Gasteiger partial charge in [-0.15, -0.1) is 0 Å². The van der Waals surface area contributed by atoms with Gasteiger partial charge in [-0.1, -0.05) is 50.6 Å². The second kappa shape index (κ2) is 7.46. The minimum absolute atomic E-state index is 0.0613. The van der Waals surface area contributed by atoms with Crippen molar-refractivity contribution in [3.8, 4) is 0 Å². The van der Waals surface area contributed by atoms with Crippen LogP contribution >= 0.6 is 7.37 Å². The molecule has 19 heavy (non-hydrogen) atoms. The summed E-state index contributed by atoms with van der Waals surface area (Å²) in [6.45, 7) is 4.39. The van der Waals surface area contributed by atoms with Crippen LogP contribution in [0.1, 0.15) is 32.3 Å². The molecule has 0 aromatic heterocycles. The number of rotatable bonds is 7. The highest BCUT2D eigenvalue weighted by molar-refractivity contribution is 7.75. The van der Waals surface area contributed by atoms with Gasteiger partial charge in [-0.3, -0.25) is 9.36 Å². The summed E-state index contributed by atoms with van der Waals surface area (Å²) in [5, 5.41) is 2.53. The molecule has 1 aromatic rings. The minimum atomic E-state index is -3.73. The Morgan fingerprint density at radius 1 is 1.32 bits per heavy atom. The molecule has 0 saturated carbocycles. The molecule has 0 saturated heterocycles. The Bertz CT molecular complexity index is 445. The van der Waals surface area contributed by atoms with E-state index in [0.29, 0.717) is 12.3 Å². The summed E-state index contributed by atoms with van der Waals surface area (Å²) in [6, 6.07) is 9.34. The molecule has 0 radical (unpaired) electrons. The number of benzene rings is 1. The topological polar surface area (TPSA) is 66.4 Å². The van der Waals surface area contributed by atoms with Gasteiger partial charge in [0, 0.05) is 12.7 Å². The van der Waals surface area contributed by atoms with Crippen molar-refractivity contribution >= 4 is 13.0 Å². The van der Waals surface area contributed by atoms with Crippen LogP contribution in [-0.4, -0.2) is 16.7 Å². The molecule has 0 aliphatic heterocycles. The Kier molecular flexibility index (Phi) is 6.26. The Balaban J connectivity index is 2.41. The van der Waals surface area contributed by atoms with Crippen LogP contribution in [0.3, 0.4) is 0 Å². The quantitative estimate of drug-likeness (QED) is 0.751. The fraction of sp³-hybridized carbons (Fsp3) is 0.500. The molecule has 1 unspecified atom stereocenters. The highest BCUT2D eigenvalue weighted by Gasteiger charge is 2.27. The van der Waals surface area contributed by atoms with E-state index in [1.807, 2.05) is 30.3 Å². The lowest BCUT2D eigenvalue weighted by Crippen LogP contribution is -2.22. The lowest BCUT2D eigenvalue weighted by atomic mass is 10.1. The Labute approximate surface area is 114 Å². The molecule has 1 atom stereocenters. The van der Waals surface area contributed by atoms with Crippen molar-refractivity contribution < 1.29 is 14.3 Å². The molecule has 0 bridgehead atoms. The highest BCUT2D eigenvalue weighted by Crippen LogP contribution is 2.42. The van der Waals surface area contributed by atoms with Gasteiger partial charge < -0.3 is 10.2 Å². The van der Waals surface area contributed by atoms with Crippen molar-refractivity contribution in [1.82, 2.24) is 5.32 Å². The molecule has 0 fully saturated rings. The van der Waals surface area contributed by atoms with E-state index in [1.165, 1.54) is 0 Å². The van der Waals surface area contributed by atoms with Crippen LogP contribution in [0.5, 0.6) is 0 Å². The average molecular weight is 283 g/mol. The molecule has 106 valence electrons. The zero-order valence-electron chi connectivity index (χ0n) is 11.5. The first kappa shape index (κ1) is 15.9. The largest absolute Gasteiger partial charge is 0.344 e. The van der Waals surface area contributed by atoms with Crippen LogP contribution in [-0.2, 0) is 11.1 Å². The lowest BCUT2D eigenvalue weighted by molar-refractivity contribution is 0.255. The zero-order valence-corrected chi connectivity index (χ0v) is 12.4. The van der Waals surface area contributed by atoms with Gasteiger partial charge in [-0.25, -0.2) is 0 Å². The van der Waals surface area contributed by atoms with E-state index in [-0.39, 0.29) is 12.7 Å². The monoisotopic (exact) mass is 283 g/mol. The summed E-state index contributed by atoms with van der Waals surface area (Å²) >= 11 is 0. The number of hydrogen-bond acceptors (Lipinski definition) is 2. The molecular weight excluding hydrogens is 261 g/mol. The van der Waals surface area contributed by atoms with Crippen molar-refractivity contribution in [1.29, 1.82) is 0 Å². The summed E-state index contributed by atoms with van der Waals surface area (Å²) < 4.78 is 11.9. The van der Waals surface area contributed by atoms with Crippen molar-refractivity contribution in [3.63, 3.8) is 0 Å². The number of carbonyl (C=O) groups excluding carboxylic acids is 1. The summed E-state index contributed by atoms with van der Waals surface area (Å²) in [6.07, 6.45) is 1.52. The molecule has 0 aliphatic rings. The Morgan fingerprint density at radius 2 is 1.95 bits per heavy atom. The molecule has 0 heterocycles. The smallest absolute Gasteiger partial charge is 0.305 e. The molecule has 5 heteroatoms. The van der Waals surface area contributed by atoms with Crippen LogP contribution in [0, 0.1) is 5.92 Å². The van der Waals surface area contributed by atoms with Gasteiger partial charge in [-0.05, 0) is 17.9 Å². The van der Waals surface area contributed by atoms with Crippen LogP contribution in [0.4, 0.5) is 4.79 Å². The number of nitrogens with one attached hydrogen (secondary N) is 1. The molecule has 1 rings (SSSR count). The third kappa shape index (κ3) is 6.04. The van der Waals surface area contributed by atoms with Gasteiger partial charge in [0.05, 0.1) is 0 Å². The average Bonchev–Trinajstić information content (AvgIpc) is 2.36. The number of carbonyl (C=O) groups is 1. The predicted octanol–water partition coefficient (Wildman–Crippen LogP) is 3.60. The van der Waals surface area contributed by atoms with Gasteiger partial charge in [0.1, 0.15) is 0 Å². The van der Waals surface area contributed by atoms with E-state index in [1.54, 1.807) is 0 Å². The number of hydrogen-bond donors (Lipinski definition) is 2. The predicted molar refractivity (Wildman–Crippen MR) is 77.4 cm³/mol. The lowest BCUT2D eigenvalue weighted by Gasteiger charge is -2.12. The third-order valence-electron chi connectivity index (χ3n) is 2.85. The third-order valence-corrected chi connectivity index (χ3v) is 4.56. The highest BCUT2D eigenvalue weighted by atomic mass is 31.2. The van der Waals surface area contributed by atoms with Crippen molar-refractivity contribution in [2.45, 2.75) is 33.2 Å². The van der Waals surface area contributed by atoms with E-state index in [9.17, 15) is 14.3 Å². The standard InChI is InChI=1S/C14H22NO3P/c1-12(2)7-6-10-19(17,18)14(16)15-11-13-8-4-3-5-9-13/h3-5,8-9,12H,6-7,10-11H2,1-2H3,(H,15,16)(H,17,18). The van der Waals surface area contributed by atoms with E-state index >= 15 is 0 Å². The van der Waals surface area contributed by atoms with Gasteiger partial charge >= 0.3 is 5.65 Å². The Morgan fingerprint density at radius 3 is 2.53 bits per heavy atom. The van der Waals surface area contributed by atoms with Gasteiger partial charge in [-0.2, -0.15) is 0 Å². The van der Waals surface area contributed by atoms with Crippen LogP contribution in [0.25, 0.3) is 0 Å². The molecule has 2 N–H and O–H groups in total. The summed E-state index contributed by atoms with van der Waals surface area (Å²) in [5.41, 5.74) is 0.179. The first-order valence-corrected chi connectivity index (χ1v) is 8.40. The molecule has 0 spiro atoms. The van der Waals surface area contributed by atoms with Crippen molar-refractivity contribution in [3.05, 3.63) is 35.9 Å². The Hall–Kier alpha value is -1.12. The first-order valence-electron chi connectivity index (χ1n) is 6.56. The van der Waals surface area contributed by atoms with Crippen molar-refractivity contribution in [2.24, 2.45) is 5.92 Å². The molecular formula is C14H22NO3P. The molecule has 4 nitrogen and oxygen atoms in total. The second-order valence-corrected chi connectivity index (χ2v) is 7.36. The fourth-order valence-corrected chi connectivity index (χ4v) is 2.85. The van der Waals surface area contributed by atoms with Gasteiger partial charge in [0.15, 0.2) is 0 Å².